The monoisotopic (exact) mass is 479 g/mol. The third-order valence-corrected chi connectivity index (χ3v) is 5.15. The molecule has 1 aliphatic heterocycles. The van der Waals surface area contributed by atoms with Gasteiger partial charge in [-0.1, -0.05) is 12.1 Å². The number of primary amides is 1. The second-order valence-corrected chi connectivity index (χ2v) is 7.42. The lowest BCUT2D eigenvalue weighted by Crippen LogP contribution is -2.46. The standard InChI is InChI=1S/C22H20F3N3O6/c23-22(24,25)34-14-6-4-13(5-7-14)19(31)27-11-12-3-8-15-16(10-12)21(33)28(20(15)32)17(18(26)30)2-1-9-29/h3-10,17,20,32H,1-2,11H2,(H2,26,30)(H,27,31). The molecule has 0 aliphatic carbocycles. The number of carbonyl (C=O) groups is 4. The number of benzene rings is 2. The molecule has 1 aliphatic rings. The van der Waals surface area contributed by atoms with E-state index in [0.29, 0.717) is 11.8 Å². The van der Waals surface area contributed by atoms with Gasteiger partial charge in [0.05, 0.1) is 0 Å². The second-order valence-electron chi connectivity index (χ2n) is 7.42. The molecule has 4 N–H and O–H groups in total. The highest BCUT2D eigenvalue weighted by Crippen LogP contribution is 2.35. The summed E-state index contributed by atoms with van der Waals surface area (Å²) in [7, 11) is 0. The summed E-state index contributed by atoms with van der Waals surface area (Å²) >= 11 is 0. The molecule has 0 spiro atoms. The zero-order chi connectivity index (χ0) is 25.0. The van der Waals surface area contributed by atoms with Gasteiger partial charge in [-0.2, -0.15) is 0 Å². The summed E-state index contributed by atoms with van der Waals surface area (Å²) in [6.07, 6.45) is -5.75. The third kappa shape index (κ3) is 5.52. The van der Waals surface area contributed by atoms with Crippen molar-refractivity contribution in [1.82, 2.24) is 10.2 Å². The highest BCUT2D eigenvalue weighted by atomic mass is 19.4. The summed E-state index contributed by atoms with van der Waals surface area (Å²) in [5.74, 6) is -2.55. The first kappa shape index (κ1) is 24.7. The van der Waals surface area contributed by atoms with Crippen LogP contribution in [0.2, 0.25) is 0 Å². The van der Waals surface area contributed by atoms with Crippen molar-refractivity contribution in [3.05, 3.63) is 64.7 Å². The van der Waals surface area contributed by atoms with Crippen LogP contribution < -0.4 is 15.8 Å². The van der Waals surface area contributed by atoms with Gasteiger partial charge in [0.15, 0.2) is 6.23 Å². The molecule has 0 radical (unpaired) electrons. The van der Waals surface area contributed by atoms with Crippen molar-refractivity contribution in [3.63, 3.8) is 0 Å². The number of alkyl halides is 3. The maximum atomic E-state index is 12.8. The molecule has 2 aromatic carbocycles. The van der Waals surface area contributed by atoms with Gasteiger partial charge in [-0.25, -0.2) is 0 Å². The molecule has 0 saturated heterocycles. The van der Waals surface area contributed by atoms with Gasteiger partial charge in [-0.05, 0) is 42.3 Å². The number of halogens is 3. The van der Waals surface area contributed by atoms with E-state index < -0.39 is 42.1 Å². The van der Waals surface area contributed by atoms with E-state index >= 15 is 0 Å². The van der Waals surface area contributed by atoms with Crippen molar-refractivity contribution in [2.75, 3.05) is 0 Å². The molecule has 0 bridgehead atoms. The number of hydrogen-bond acceptors (Lipinski definition) is 6. The maximum absolute atomic E-state index is 12.8. The summed E-state index contributed by atoms with van der Waals surface area (Å²) in [5.41, 5.74) is 6.30. The minimum absolute atomic E-state index is 0.0267. The smallest absolute Gasteiger partial charge is 0.406 e. The Morgan fingerprint density at radius 2 is 1.88 bits per heavy atom. The van der Waals surface area contributed by atoms with Gasteiger partial charge < -0.3 is 25.7 Å². The number of ether oxygens (including phenoxy) is 1. The average Bonchev–Trinajstić information content (AvgIpc) is 3.01. The number of nitrogens with two attached hydrogens (primary N) is 1. The zero-order valence-electron chi connectivity index (χ0n) is 17.5. The first-order chi connectivity index (χ1) is 16.0. The molecular weight excluding hydrogens is 459 g/mol. The van der Waals surface area contributed by atoms with E-state index in [1.54, 1.807) is 6.07 Å². The summed E-state index contributed by atoms with van der Waals surface area (Å²) < 4.78 is 40.5. The van der Waals surface area contributed by atoms with Crippen molar-refractivity contribution < 1.29 is 42.2 Å². The van der Waals surface area contributed by atoms with Gasteiger partial charge >= 0.3 is 6.36 Å². The Morgan fingerprint density at radius 1 is 1.21 bits per heavy atom. The van der Waals surface area contributed by atoms with Crippen LogP contribution in [0.25, 0.3) is 0 Å². The number of nitrogens with zero attached hydrogens (tertiary/aromatic N) is 1. The number of carbonyl (C=O) groups excluding carboxylic acids is 4. The number of aliphatic hydroxyl groups excluding tert-OH is 1. The quantitative estimate of drug-likeness (QED) is 0.469. The Labute approximate surface area is 191 Å². The first-order valence-corrected chi connectivity index (χ1v) is 10.0. The predicted octanol–water partition coefficient (Wildman–Crippen LogP) is 1.79. The predicted molar refractivity (Wildman–Crippen MR) is 110 cm³/mol. The number of nitrogens with one attached hydrogen (secondary N) is 1. The largest absolute Gasteiger partial charge is 0.573 e. The molecule has 2 atom stereocenters. The van der Waals surface area contributed by atoms with Gasteiger partial charge in [-0.3, -0.25) is 19.3 Å². The number of aliphatic hydroxyl groups is 1. The minimum Gasteiger partial charge on any atom is -0.406 e. The molecule has 12 heteroatoms. The molecule has 34 heavy (non-hydrogen) atoms. The Morgan fingerprint density at radius 3 is 2.47 bits per heavy atom. The van der Waals surface area contributed by atoms with Crippen LogP contribution in [0.15, 0.2) is 42.5 Å². The van der Waals surface area contributed by atoms with Crippen molar-refractivity contribution >= 4 is 24.0 Å². The van der Waals surface area contributed by atoms with Gasteiger partial charge in [0.2, 0.25) is 5.91 Å². The topological polar surface area (TPSA) is 139 Å². The Kier molecular flexibility index (Phi) is 7.20. The van der Waals surface area contributed by atoms with Crippen LogP contribution in [0.5, 0.6) is 5.75 Å². The molecule has 1 heterocycles. The van der Waals surface area contributed by atoms with E-state index in [1.807, 2.05) is 0 Å². The molecule has 2 aromatic rings. The van der Waals surface area contributed by atoms with Crippen molar-refractivity contribution in [2.45, 2.75) is 38.0 Å². The average molecular weight is 479 g/mol. The van der Waals surface area contributed by atoms with Crippen LogP contribution in [-0.2, 0) is 16.1 Å². The van der Waals surface area contributed by atoms with Crippen LogP contribution in [0.1, 0.15) is 50.9 Å². The number of hydrogen-bond donors (Lipinski definition) is 3. The fraction of sp³-hybridized carbons (Fsp3) is 0.273. The maximum Gasteiger partial charge on any atom is 0.573 e. The van der Waals surface area contributed by atoms with Crippen molar-refractivity contribution in [2.24, 2.45) is 5.73 Å². The lowest BCUT2D eigenvalue weighted by molar-refractivity contribution is -0.274. The number of fused-ring (bicyclic) bond motifs is 1. The molecule has 3 rings (SSSR count). The third-order valence-electron chi connectivity index (χ3n) is 5.15. The van der Waals surface area contributed by atoms with E-state index in [4.69, 9.17) is 5.73 Å². The van der Waals surface area contributed by atoms with Gasteiger partial charge in [0.25, 0.3) is 11.8 Å². The highest BCUT2D eigenvalue weighted by Gasteiger charge is 2.41. The molecule has 0 aromatic heterocycles. The fourth-order valence-electron chi connectivity index (χ4n) is 3.57. The minimum atomic E-state index is -4.84. The van der Waals surface area contributed by atoms with Crippen LogP contribution in [0, 0.1) is 0 Å². The molecule has 180 valence electrons. The van der Waals surface area contributed by atoms with E-state index in [2.05, 4.69) is 10.1 Å². The second kappa shape index (κ2) is 9.91. The first-order valence-electron chi connectivity index (χ1n) is 10.0. The summed E-state index contributed by atoms with van der Waals surface area (Å²) in [6.45, 7) is -0.0271. The highest BCUT2D eigenvalue weighted by molar-refractivity contribution is 6.01. The van der Waals surface area contributed by atoms with E-state index in [9.17, 15) is 37.5 Å². The van der Waals surface area contributed by atoms with Crippen LogP contribution in [0.4, 0.5) is 13.2 Å². The fourth-order valence-corrected chi connectivity index (χ4v) is 3.57. The number of rotatable bonds is 9. The summed E-state index contributed by atoms with van der Waals surface area (Å²) in [4.78, 5) is 48.5. The van der Waals surface area contributed by atoms with Crippen LogP contribution in [-0.4, -0.2) is 46.4 Å². The van der Waals surface area contributed by atoms with E-state index in [1.165, 1.54) is 24.3 Å². The summed E-state index contributed by atoms with van der Waals surface area (Å²) in [5, 5.41) is 13.1. The molecule has 2 unspecified atom stereocenters. The summed E-state index contributed by atoms with van der Waals surface area (Å²) in [6, 6.07) is 7.65. The number of amides is 3. The zero-order valence-corrected chi connectivity index (χ0v) is 17.5. The van der Waals surface area contributed by atoms with Crippen LogP contribution >= 0.6 is 0 Å². The molecule has 3 amide bonds. The van der Waals surface area contributed by atoms with Crippen molar-refractivity contribution in [3.8, 4) is 5.75 Å². The Bertz CT molecular complexity index is 1100. The normalized spacial score (nSPS) is 16.1. The molecule has 0 saturated carbocycles. The lowest BCUT2D eigenvalue weighted by atomic mass is 10.1. The molecule has 0 fully saturated rings. The Balaban J connectivity index is 1.69. The van der Waals surface area contributed by atoms with Gasteiger partial charge in [-0.15, -0.1) is 13.2 Å². The van der Waals surface area contributed by atoms with Crippen LogP contribution in [0.3, 0.4) is 0 Å². The van der Waals surface area contributed by atoms with Gasteiger partial charge in [0, 0.05) is 29.7 Å². The SMILES string of the molecule is NC(=O)C(CCC=O)N1C(=O)c2cc(CNC(=O)c3ccc(OC(F)(F)F)cc3)ccc2C1O. The van der Waals surface area contributed by atoms with Gasteiger partial charge in [0.1, 0.15) is 18.1 Å². The molecular formula is C22H20F3N3O6. The molecule has 9 nitrogen and oxygen atoms in total. The van der Waals surface area contributed by atoms with E-state index in [-0.39, 0.29) is 36.1 Å². The van der Waals surface area contributed by atoms with Crippen molar-refractivity contribution in [1.29, 1.82) is 0 Å². The Hall–Kier alpha value is -3.93. The lowest BCUT2D eigenvalue weighted by Gasteiger charge is -2.28. The van der Waals surface area contributed by atoms with E-state index in [0.717, 1.165) is 17.0 Å². The number of aldehydes is 1.